The number of benzene rings is 2. The number of nitro benzene ring substituents is 3. The Labute approximate surface area is 127 Å². The van der Waals surface area contributed by atoms with E-state index in [9.17, 15) is 30.3 Å². The largest absolute Gasteiger partial charge is 0.278 e. The van der Waals surface area contributed by atoms with E-state index in [0.29, 0.717) is 0 Å². The SMILES string of the molecule is O=[N+]([O-])c1ccc(N=Nc2cc([N+](=O)[O-])cc([N+](=O)[O-])c2)cc1. The van der Waals surface area contributed by atoms with Crippen LogP contribution in [-0.4, -0.2) is 14.8 Å². The average Bonchev–Trinajstić information content (AvgIpc) is 2.52. The van der Waals surface area contributed by atoms with E-state index in [1.54, 1.807) is 0 Å². The molecular formula is C12H7N5O6. The van der Waals surface area contributed by atoms with Gasteiger partial charge in [0.25, 0.3) is 17.1 Å². The third-order valence-corrected chi connectivity index (χ3v) is 2.65. The van der Waals surface area contributed by atoms with Crippen LogP contribution in [0.15, 0.2) is 52.7 Å². The third kappa shape index (κ3) is 3.87. The zero-order chi connectivity index (χ0) is 17.0. The molecule has 0 saturated carbocycles. The normalized spacial score (nSPS) is 10.6. The summed E-state index contributed by atoms with van der Waals surface area (Å²) in [6, 6.07) is 7.95. The molecule has 0 unspecified atom stereocenters. The van der Waals surface area contributed by atoms with Gasteiger partial charge in [-0.25, -0.2) is 0 Å². The minimum absolute atomic E-state index is 0.0794. The molecule has 2 aromatic rings. The Hall–Kier alpha value is -3.76. The van der Waals surface area contributed by atoms with E-state index in [2.05, 4.69) is 10.2 Å². The molecule has 0 aliphatic carbocycles. The summed E-state index contributed by atoms with van der Waals surface area (Å²) in [5.74, 6) is 0. The van der Waals surface area contributed by atoms with Crippen molar-refractivity contribution < 1.29 is 14.8 Å². The predicted molar refractivity (Wildman–Crippen MR) is 77.0 cm³/mol. The summed E-state index contributed by atoms with van der Waals surface area (Å²) in [5, 5.41) is 39.4. The van der Waals surface area contributed by atoms with Gasteiger partial charge in [0.15, 0.2) is 0 Å². The maximum atomic E-state index is 10.8. The minimum atomic E-state index is -0.780. The summed E-state index contributed by atoms with van der Waals surface area (Å²) in [6.07, 6.45) is 0. The molecule has 0 radical (unpaired) electrons. The molecule has 23 heavy (non-hydrogen) atoms. The first-order chi connectivity index (χ1) is 10.9. The summed E-state index contributed by atoms with van der Waals surface area (Å²) in [4.78, 5) is 29.9. The van der Waals surface area contributed by atoms with Gasteiger partial charge in [-0.2, -0.15) is 10.2 Å². The molecule has 0 aliphatic rings. The molecule has 0 atom stereocenters. The number of rotatable bonds is 5. The van der Waals surface area contributed by atoms with Gasteiger partial charge in [0.2, 0.25) is 0 Å². The Morgan fingerprint density at radius 3 is 1.48 bits per heavy atom. The molecule has 0 amide bonds. The van der Waals surface area contributed by atoms with Crippen molar-refractivity contribution in [1.29, 1.82) is 0 Å². The van der Waals surface area contributed by atoms with E-state index in [4.69, 9.17) is 0 Å². The molecule has 116 valence electrons. The van der Waals surface area contributed by atoms with Crippen LogP contribution >= 0.6 is 0 Å². The van der Waals surface area contributed by atoms with Gasteiger partial charge >= 0.3 is 0 Å². The molecule has 2 rings (SSSR count). The highest BCUT2D eigenvalue weighted by atomic mass is 16.6. The van der Waals surface area contributed by atoms with Crippen LogP contribution in [0.4, 0.5) is 28.4 Å². The highest BCUT2D eigenvalue weighted by Gasteiger charge is 2.16. The average molecular weight is 317 g/mol. The lowest BCUT2D eigenvalue weighted by molar-refractivity contribution is -0.394. The fourth-order valence-electron chi connectivity index (χ4n) is 1.60. The van der Waals surface area contributed by atoms with Crippen molar-refractivity contribution in [2.75, 3.05) is 0 Å². The van der Waals surface area contributed by atoms with Gasteiger partial charge in [0, 0.05) is 24.3 Å². The Morgan fingerprint density at radius 2 is 1.04 bits per heavy atom. The van der Waals surface area contributed by atoms with E-state index in [1.165, 1.54) is 24.3 Å². The van der Waals surface area contributed by atoms with Crippen LogP contribution < -0.4 is 0 Å². The molecule has 11 heteroatoms. The lowest BCUT2D eigenvalue weighted by atomic mass is 10.2. The fraction of sp³-hybridized carbons (Fsp3) is 0. The molecule has 0 fully saturated rings. The van der Waals surface area contributed by atoms with Crippen molar-refractivity contribution in [2.24, 2.45) is 10.2 Å². The lowest BCUT2D eigenvalue weighted by Gasteiger charge is -1.96. The van der Waals surface area contributed by atoms with E-state index in [0.717, 1.165) is 18.2 Å². The first kappa shape index (κ1) is 15.6. The van der Waals surface area contributed by atoms with Crippen molar-refractivity contribution in [3.8, 4) is 0 Å². The summed E-state index contributed by atoms with van der Waals surface area (Å²) in [7, 11) is 0. The van der Waals surface area contributed by atoms with Crippen LogP contribution in [0.2, 0.25) is 0 Å². The maximum absolute atomic E-state index is 10.8. The summed E-state index contributed by atoms with van der Waals surface area (Å²) in [5.41, 5.74) is -0.933. The van der Waals surface area contributed by atoms with E-state index >= 15 is 0 Å². The first-order valence-corrected chi connectivity index (χ1v) is 5.97. The lowest BCUT2D eigenvalue weighted by Crippen LogP contribution is -1.92. The van der Waals surface area contributed by atoms with Crippen molar-refractivity contribution in [2.45, 2.75) is 0 Å². The van der Waals surface area contributed by atoms with E-state index in [-0.39, 0.29) is 17.1 Å². The quantitative estimate of drug-likeness (QED) is 0.463. The first-order valence-electron chi connectivity index (χ1n) is 5.97. The second-order valence-corrected chi connectivity index (χ2v) is 4.20. The molecule has 11 nitrogen and oxygen atoms in total. The van der Waals surface area contributed by atoms with Crippen molar-refractivity contribution in [3.63, 3.8) is 0 Å². The zero-order valence-electron chi connectivity index (χ0n) is 11.2. The Morgan fingerprint density at radius 1 is 0.609 bits per heavy atom. The molecular weight excluding hydrogens is 310 g/mol. The molecule has 0 aliphatic heterocycles. The van der Waals surface area contributed by atoms with E-state index in [1.807, 2.05) is 0 Å². The second-order valence-electron chi connectivity index (χ2n) is 4.20. The monoisotopic (exact) mass is 317 g/mol. The van der Waals surface area contributed by atoms with E-state index < -0.39 is 26.1 Å². The molecule has 0 bridgehead atoms. The topological polar surface area (TPSA) is 154 Å². The number of nitro groups is 3. The number of azo groups is 1. The molecule has 0 heterocycles. The zero-order valence-corrected chi connectivity index (χ0v) is 11.2. The van der Waals surface area contributed by atoms with Crippen LogP contribution in [0.25, 0.3) is 0 Å². The summed E-state index contributed by atoms with van der Waals surface area (Å²) < 4.78 is 0. The highest BCUT2D eigenvalue weighted by molar-refractivity contribution is 5.56. The maximum Gasteiger partial charge on any atom is 0.278 e. The Bertz CT molecular complexity index is 785. The van der Waals surface area contributed by atoms with Crippen LogP contribution in [0.3, 0.4) is 0 Å². The van der Waals surface area contributed by atoms with Crippen LogP contribution in [0, 0.1) is 30.3 Å². The number of nitrogens with zero attached hydrogens (tertiary/aromatic N) is 5. The summed E-state index contributed by atoms with van der Waals surface area (Å²) in [6.45, 7) is 0. The second kappa shape index (κ2) is 6.34. The Kier molecular flexibility index (Phi) is 4.31. The predicted octanol–water partition coefficient (Wildman–Crippen LogP) is 3.83. The van der Waals surface area contributed by atoms with Crippen LogP contribution in [0.5, 0.6) is 0 Å². The van der Waals surface area contributed by atoms with Gasteiger partial charge in [0.1, 0.15) is 0 Å². The molecule has 0 N–H and O–H groups in total. The Balaban J connectivity index is 2.32. The van der Waals surface area contributed by atoms with Crippen molar-refractivity contribution in [1.82, 2.24) is 0 Å². The van der Waals surface area contributed by atoms with Gasteiger partial charge in [-0.3, -0.25) is 30.3 Å². The van der Waals surface area contributed by atoms with Crippen LogP contribution in [0.1, 0.15) is 0 Å². The van der Waals surface area contributed by atoms with Gasteiger partial charge in [-0.15, -0.1) is 0 Å². The number of hydrogen-bond acceptors (Lipinski definition) is 8. The van der Waals surface area contributed by atoms with Crippen molar-refractivity contribution in [3.05, 3.63) is 72.8 Å². The van der Waals surface area contributed by atoms with Gasteiger partial charge in [-0.05, 0) is 12.1 Å². The minimum Gasteiger partial charge on any atom is -0.258 e. The molecule has 0 spiro atoms. The fourth-order valence-corrected chi connectivity index (χ4v) is 1.60. The van der Waals surface area contributed by atoms with Crippen LogP contribution in [-0.2, 0) is 0 Å². The number of hydrogen-bond donors (Lipinski definition) is 0. The standard InChI is InChI=1S/C12H7N5O6/c18-15(19)10-3-1-8(2-4-10)13-14-9-5-11(16(20)21)7-12(6-9)17(22)23/h1-7H. The number of non-ortho nitro benzene ring substituents is 3. The third-order valence-electron chi connectivity index (χ3n) is 2.65. The molecule has 0 aromatic heterocycles. The highest BCUT2D eigenvalue weighted by Crippen LogP contribution is 2.29. The van der Waals surface area contributed by atoms with Gasteiger partial charge in [-0.1, -0.05) is 0 Å². The molecule has 0 saturated heterocycles. The van der Waals surface area contributed by atoms with Crippen molar-refractivity contribution >= 4 is 28.4 Å². The smallest absolute Gasteiger partial charge is 0.258 e. The molecule has 2 aromatic carbocycles. The van der Waals surface area contributed by atoms with Gasteiger partial charge in [0.05, 0.1) is 32.2 Å². The van der Waals surface area contributed by atoms with Gasteiger partial charge < -0.3 is 0 Å². The summed E-state index contributed by atoms with van der Waals surface area (Å²) >= 11 is 0.